The minimum Gasteiger partial charge on any atom is -0.465 e. The minimum absolute atomic E-state index is 0.0300. The first-order valence-corrected chi connectivity index (χ1v) is 33.3. The predicted molar refractivity (Wildman–Crippen MR) is 339 cm³/mol. The first-order chi connectivity index (χ1) is 46.7. The lowest BCUT2D eigenvalue weighted by atomic mass is 9.78. The average molecular weight is 1430 g/mol. The molecule has 0 saturated carbocycles. The molecule has 0 N–H and O–H groups in total. The fourth-order valence-corrected chi connectivity index (χ4v) is 13.3. The van der Waals surface area contributed by atoms with Crippen molar-refractivity contribution in [2.24, 2.45) is 47.3 Å². The van der Waals surface area contributed by atoms with E-state index in [-0.39, 0.29) is 38.7 Å². The maximum Gasteiger partial charge on any atom is 0.366 e. The Labute approximate surface area is 583 Å². The van der Waals surface area contributed by atoms with Gasteiger partial charge in [-0.1, -0.05) is 68.4 Å². The fourth-order valence-electron chi connectivity index (χ4n) is 13.3. The monoisotopic (exact) mass is 1430 g/mol. The number of hydrogen-bond acceptors (Lipinski definition) is 32. The van der Waals surface area contributed by atoms with Crippen LogP contribution < -0.4 is 0 Å². The lowest BCUT2D eigenvalue weighted by Gasteiger charge is -2.50. The van der Waals surface area contributed by atoms with Gasteiger partial charge >= 0.3 is 71.6 Å². The van der Waals surface area contributed by atoms with Gasteiger partial charge in [-0.05, 0) is 53.8 Å². The van der Waals surface area contributed by atoms with E-state index in [9.17, 15) is 57.5 Å². The molecule has 0 aromatic carbocycles. The van der Waals surface area contributed by atoms with E-state index in [1.165, 1.54) is 13.0 Å². The van der Waals surface area contributed by atoms with Gasteiger partial charge in [0.2, 0.25) is 0 Å². The van der Waals surface area contributed by atoms with Gasteiger partial charge < -0.3 is 94.7 Å². The molecule has 4 saturated heterocycles. The Morgan fingerprint density at radius 1 is 0.350 bits per heavy atom. The van der Waals surface area contributed by atoms with Gasteiger partial charge in [-0.2, -0.15) is 0 Å². The van der Waals surface area contributed by atoms with Gasteiger partial charge in [0.15, 0.2) is 42.7 Å². The van der Waals surface area contributed by atoms with Crippen LogP contribution in [0, 0.1) is 47.3 Å². The molecule has 0 aliphatic carbocycles. The van der Waals surface area contributed by atoms with Crippen LogP contribution in [0.1, 0.15) is 150 Å². The highest BCUT2D eigenvalue weighted by Crippen LogP contribution is 2.47. The van der Waals surface area contributed by atoms with Crippen molar-refractivity contribution in [2.45, 2.75) is 246 Å². The molecule has 4 aliphatic heterocycles. The van der Waals surface area contributed by atoms with Gasteiger partial charge in [0.25, 0.3) is 23.1 Å². The Balaban J connectivity index is 1.86. The van der Waals surface area contributed by atoms with Gasteiger partial charge in [-0.15, -0.1) is 6.58 Å². The molecule has 0 bridgehead atoms. The van der Waals surface area contributed by atoms with Gasteiger partial charge in [0.05, 0.1) is 54.9 Å². The van der Waals surface area contributed by atoms with Crippen LogP contribution in [0.25, 0.3) is 0 Å². The Morgan fingerprint density at radius 3 is 0.740 bits per heavy atom. The summed E-state index contributed by atoms with van der Waals surface area (Å²) in [6.45, 7) is 24.9. The summed E-state index contributed by atoms with van der Waals surface area (Å²) in [5, 5.41) is 0. The molecule has 4 fully saturated rings. The topological polar surface area (TPSA) is 389 Å². The van der Waals surface area contributed by atoms with Crippen LogP contribution in [0.3, 0.4) is 0 Å². The first-order valence-electron chi connectivity index (χ1n) is 33.3. The molecular weight excluding hydrogens is 1330 g/mol. The van der Waals surface area contributed by atoms with E-state index in [4.69, 9.17) is 94.7 Å². The first kappa shape index (κ1) is 85.5. The molecule has 32 nitrogen and oxygen atoms in total. The smallest absolute Gasteiger partial charge is 0.366 e. The molecule has 8 unspecified atom stereocenters. The summed E-state index contributed by atoms with van der Waals surface area (Å²) in [7, 11) is 4.21. The van der Waals surface area contributed by atoms with Crippen molar-refractivity contribution in [3.63, 3.8) is 0 Å². The molecular formula is C68H104O32. The van der Waals surface area contributed by atoms with Crippen molar-refractivity contribution in [2.75, 3.05) is 54.9 Å². The van der Waals surface area contributed by atoms with Crippen molar-refractivity contribution >= 4 is 71.6 Å². The molecule has 0 aromatic heterocycles. The third-order valence-corrected chi connectivity index (χ3v) is 18.8. The molecule has 32 heteroatoms. The molecule has 568 valence electrons. The highest BCUT2D eigenvalue weighted by Gasteiger charge is 2.62. The highest BCUT2D eigenvalue weighted by atomic mass is 16.8. The van der Waals surface area contributed by atoms with Crippen molar-refractivity contribution in [3.05, 3.63) is 12.7 Å². The number of ether oxygens (including phenoxy) is 20. The van der Waals surface area contributed by atoms with E-state index in [2.05, 4.69) is 6.58 Å². The van der Waals surface area contributed by atoms with Gasteiger partial charge in [-0.3, -0.25) is 38.4 Å². The van der Waals surface area contributed by atoms with E-state index >= 15 is 0 Å². The van der Waals surface area contributed by atoms with Crippen LogP contribution in [0.5, 0.6) is 0 Å². The van der Waals surface area contributed by atoms with Gasteiger partial charge in [0, 0.05) is 81.1 Å². The zero-order chi connectivity index (χ0) is 75.7. The second-order valence-electron chi connectivity index (χ2n) is 26.3. The quantitative estimate of drug-likeness (QED) is 0.0482. The van der Waals surface area contributed by atoms with Crippen LogP contribution in [0.15, 0.2) is 12.7 Å². The van der Waals surface area contributed by atoms with E-state index in [1.807, 2.05) is 0 Å². The molecule has 4 aliphatic rings. The summed E-state index contributed by atoms with van der Waals surface area (Å²) in [4.78, 5) is 162. The Morgan fingerprint density at radius 2 is 0.550 bits per heavy atom. The molecule has 0 aromatic rings. The summed E-state index contributed by atoms with van der Waals surface area (Å²) in [5.41, 5.74) is 0. The number of hydrogen-bond donors (Lipinski definition) is 0. The van der Waals surface area contributed by atoms with Crippen molar-refractivity contribution in [1.82, 2.24) is 0 Å². The number of rotatable bonds is 33. The molecule has 100 heavy (non-hydrogen) atoms. The summed E-state index contributed by atoms with van der Waals surface area (Å²) in [6, 6.07) is 0. The summed E-state index contributed by atoms with van der Waals surface area (Å²) in [6.07, 6.45) is -17.8. The molecule has 4 heterocycles. The fraction of sp³-hybridized carbons (Fsp3) is 0.794. The number of methoxy groups -OCH3 is 4. The molecule has 0 radical (unpaired) electrons. The maximum absolute atomic E-state index is 14.6. The Kier molecular flexibility index (Phi) is 31.9. The summed E-state index contributed by atoms with van der Waals surface area (Å²) >= 11 is 0. The second-order valence-corrected chi connectivity index (χ2v) is 26.3. The largest absolute Gasteiger partial charge is 0.465 e. The zero-order valence-corrected chi connectivity index (χ0v) is 61.3. The van der Waals surface area contributed by atoms with E-state index in [0.717, 1.165) is 76.9 Å². The van der Waals surface area contributed by atoms with Gasteiger partial charge in [0.1, 0.15) is 30.5 Å². The molecule has 4 rings (SSSR count). The number of carbonyl (C=O) groups is 12. The van der Waals surface area contributed by atoms with E-state index < -0.39 is 235 Å². The van der Waals surface area contributed by atoms with E-state index in [0.29, 0.717) is 0 Å². The second kappa shape index (κ2) is 37.3. The standard InChI is InChI=1S/C68H104O32/c1-23-25-85-65(61(77)81-19)26-33(3)38(8)54(97-65)58(94-46(16)74)50(90-42(12)70)30-87-67(63(79)83-21)28-35(5)40(10)56(99-67)60(96-48(18)76)52(92-44(14)72)32-88-68(64(80)84-22)29-36(6)39(9)55(100-68)59(95-47(17)75)51(91-43(13)71)31-86-66(62(78)82-20)27-34(4)37(7)53(98-66)57(93-45(15)73)49(24-2)89-41(11)69/h23,33-40,49-60H,1,24-32H2,2-22H3/t33?,34?,35-,36-,37-,38-,39?,40?,49-,50-,51-,52-,53?,54?,55?,56?,57-,58-,59-,60-,65-,66-,67-,68-/m1/s1. The lowest BCUT2D eigenvalue weighted by Crippen LogP contribution is -2.64. The van der Waals surface area contributed by atoms with Crippen molar-refractivity contribution < 1.29 is 152 Å². The minimum atomic E-state index is -2.59. The van der Waals surface area contributed by atoms with Crippen molar-refractivity contribution in [1.29, 1.82) is 0 Å². The number of esters is 12. The normalized spacial score (nSPS) is 32.0. The maximum atomic E-state index is 14.6. The predicted octanol–water partition coefficient (Wildman–Crippen LogP) is 4.82. The molecule has 0 amide bonds. The van der Waals surface area contributed by atoms with Crippen LogP contribution in [0.2, 0.25) is 0 Å². The Bertz CT molecular complexity index is 2880. The molecule has 24 atom stereocenters. The zero-order valence-electron chi connectivity index (χ0n) is 61.3. The molecule has 0 spiro atoms. The third-order valence-electron chi connectivity index (χ3n) is 18.8. The SMILES string of the molecule is C=CCO[C@]1(C(=O)OC)CC(C)[C@@H](C)C([C@H](OC(C)=O)[C@@H](CO[C@]2(C(=O)OC)C[C@@H](C)C(C)C([C@H](OC(C)=O)[C@@H](CO[C@]3(C(=O)OC)C[C@@H](C)C(C)C([C@H](OC(C)=O)[C@@H](CO[C@]4(C(=O)OC)CC(C)[C@@H](C)C([C@H](OC(C)=O)[C@@H](CC)OC(C)=O)O4)OC(C)=O)O3)OC(C)=O)O2)OC(C)=O)O1. The summed E-state index contributed by atoms with van der Waals surface area (Å²) < 4.78 is 120. The highest BCUT2D eigenvalue weighted by molar-refractivity contribution is 5.80. The van der Waals surface area contributed by atoms with Crippen LogP contribution >= 0.6 is 0 Å². The van der Waals surface area contributed by atoms with Crippen molar-refractivity contribution in [3.8, 4) is 0 Å². The Hall–Kier alpha value is -6.94. The van der Waals surface area contributed by atoms with Crippen LogP contribution in [-0.2, 0) is 152 Å². The average Bonchev–Trinajstić information content (AvgIpc) is 0.777. The van der Waals surface area contributed by atoms with Crippen LogP contribution in [0.4, 0.5) is 0 Å². The van der Waals surface area contributed by atoms with E-state index in [1.54, 1.807) is 62.3 Å². The number of carbonyl (C=O) groups excluding carboxylic acids is 12. The summed E-state index contributed by atoms with van der Waals surface area (Å²) in [5.74, 6) is -26.1. The van der Waals surface area contributed by atoms with Crippen LogP contribution in [-0.4, -0.2) is 223 Å². The van der Waals surface area contributed by atoms with Gasteiger partial charge in [-0.25, -0.2) is 19.2 Å². The third kappa shape index (κ3) is 21.3. The lowest BCUT2D eigenvalue weighted by molar-refractivity contribution is -0.335.